The predicted molar refractivity (Wildman–Crippen MR) is 49.3 cm³/mol. The summed E-state index contributed by atoms with van der Waals surface area (Å²) in [7, 11) is 0. The van der Waals surface area contributed by atoms with Crippen LogP contribution in [0.5, 0.6) is 0 Å². The van der Waals surface area contributed by atoms with Gasteiger partial charge in [-0.2, -0.15) is 0 Å². The van der Waals surface area contributed by atoms with Crippen LogP contribution in [-0.4, -0.2) is 23.9 Å². The maximum absolute atomic E-state index is 2.48. The summed E-state index contributed by atoms with van der Waals surface area (Å²) in [4.78, 5) is 0. The smallest absolute Gasteiger partial charge is 0.145 e. The topological polar surface area (TPSA) is 3.01 Å². The summed E-state index contributed by atoms with van der Waals surface area (Å²) in [5.74, 6) is 1.69. The summed E-state index contributed by atoms with van der Waals surface area (Å²) in [6.45, 7) is 9.44. The quantitative estimate of drug-likeness (QED) is 0.536. The van der Waals surface area contributed by atoms with Crippen LogP contribution in [0.3, 0.4) is 0 Å². The molecule has 0 unspecified atom stereocenters. The molecule has 0 bridgehead atoms. The van der Waals surface area contributed by atoms with Crippen molar-refractivity contribution in [3.8, 4) is 0 Å². The van der Waals surface area contributed by atoms with Crippen LogP contribution in [0.25, 0.3) is 0 Å². The SMILES string of the molecule is CCC[N+]1=C[C@H](C)C[C@H](C)C1. The van der Waals surface area contributed by atoms with Gasteiger partial charge in [-0.25, -0.2) is 4.58 Å². The van der Waals surface area contributed by atoms with Gasteiger partial charge in [0, 0.05) is 18.3 Å². The summed E-state index contributed by atoms with van der Waals surface area (Å²) >= 11 is 0. The van der Waals surface area contributed by atoms with E-state index >= 15 is 0 Å². The molecule has 1 nitrogen and oxygen atoms in total. The number of hydrogen-bond donors (Lipinski definition) is 0. The van der Waals surface area contributed by atoms with E-state index in [1.54, 1.807) is 0 Å². The van der Waals surface area contributed by atoms with E-state index in [0.29, 0.717) is 0 Å². The van der Waals surface area contributed by atoms with Gasteiger partial charge in [0.15, 0.2) is 0 Å². The maximum Gasteiger partial charge on any atom is 0.145 e. The van der Waals surface area contributed by atoms with E-state index in [0.717, 1.165) is 11.8 Å². The summed E-state index contributed by atoms with van der Waals surface area (Å²) < 4.78 is 2.48. The molecular formula is C10H20N+. The van der Waals surface area contributed by atoms with Crippen molar-refractivity contribution in [3.05, 3.63) is 0 Å². The molecule has 11 heavy (non-hydrogen) atoms. The van der Waals surface area contributed by atoms with Gasteiger partial charge < -0.3 is 0 Å². The zero-order valence-electron chi connectivity index (χ0n) is 8.01. The summed E-state index contributed by atoms with van der Waals surface area (Å²) in [5.41, 5.74) is 0. The molecule has 1 heterocycles. The van der Waals surface area contributed by atoms with Crippen LogP contribution in [0.4, 0.5) is 0 Å². The van der Waals surface area contributed by atoms with Gasteiger partial charge >= 0.3 is 0 Å². The third-order valence-electron chi connectivity index (χ3n) is 2.30. The average Bonchev–Trinajstić information content (AvgIpc) is 1.85. The number of rotatable bonds is 2. The Hall–Kier alpha value is -0.330. The van der Waals surface area contributed by atoms with Crippen molar-refractivity contribution in [2.24, 2.45) is 11.8 Å². The zero-order valence-corrected chi connectivity index (χ0v) is 8.01. The number of nitrogens with zero attached hydrogens (tertiary/aromatic N) is 1. The molecule has 0 N–H and O–H groups in total. The van der Waals surface area contributed by atoms with Crippen molar-refractivity contribution in [1.82, 2.24) is 0 Å². The Kier molecular flexibility index (Phi) is 3.10. The van der Waals surface area contributed by atoms with Gasteiger partial charge in [-0.1, -0.05) is 20.8 Å². The van der Waals surface area contributed by atoms with E-state index in [2.05, 4.69) is 31.6 Å². The Labute approximate surface area is 70.1 Å². The van der Waals surface area contributed by atoms with E-state index in [1.165, 1.54) is 25.9 Å². The molecule has 1 rings (SSSR count). The second kappa shape index (κ2) is 3.89. The lowest BCUT2D eigenvalue weighted by molar-refractivity contribution is -0.537. The Morgan fingerprint density at radius 1 is 1.45 bits per heavy atom. The molecule has 0 aliphatic carbocycles. The van der Waals surface area contributed by atoms with Crippen molar-refractivity contribution in [3.63, 3.8) is 0 Å². The average molecular weight is 154 g/mol. The number of hydrogen-bond acceptors (Lipinski definition) is 0. The van der Waals surface area contributed by atoms with Crippen LogP contribution in [0.15, 0.2) is 0 Å². The highest BCUT2D eigenvalue weighted by atomic mass is 15.0. The zero-order chi connectivity index (χ0) is 8.27. The summed E-state index contributed by atoms with van der Waals surface area (Å²) in [6.07, 6.45) is 5.06. The van der Waals surface area contributed by atoms with Gasteiger partial charge in [0.1, 0.15) is 19.3 Å². The first-order chi connectivity index (χ1) is 5.22. The largest absolute Gasteiger partial charge is 0.239 e. The fourth-order valence-corrected chi connectivity index (χ4v) is 2.04. The normalized spacial score (nSPS) is 31.7. The Balaban J connectivity index is 2.49. The van der Waals surface area contributed by atoms with Crippen LogP contribution in [0, 0.1) is 11.8 Å². The highest BCUT2D eigenvalue weighted by molar-refractivity contribution is 5.55. The highest BCUT2D eigenvalue weighted by Crippen LogP contribution is 2.14. The molecule has 64 valence electrons. The molecule has 0 aromatic carbocycles. The third kappa shape index (κ3) is 2.64. The van der Waals surface area contributed by atoms with E-state index in [-0.39, 0.29) is 0 Å². The molecule has 0 fully saturated rings. The van der Waals surface area contributed by atoms with Gasteiger partial charge in [0.2, 0.25) is 0 Å². The van der Waals surface area contributed by atoms with Crippen molar-refractivity contribution in [2.75, 3.05) is 13.1 Å². The minimum Gasteiger partial charge on any atom is -0.239 e. The van der Waals surface area contributed by atoms with Crippen LogP contribution in [-0.2, 0) is 0 Å². The maximum atomic E-state index is 2.48. The second-order valence-electron chi connectivity index (χ2n) is 3.96. The van der Waals surface area contributed by atoms with Gasteiger partial charge in [0.25, 0.3) is 0 Å². The fourth-order valence-electron chi connectivity index (χ4n) is 2.04. The summed E-state index contributed by atoms with van der Waals surface area (Å²) in [5, 5.41) is 0. The van der Waals surface area contributed by atoms with Crippen LogP contribution < -0.4 is 0 Å². The van der Waals surface area contributed by atoms with Crippen molar-refractivity contribution < 1.29 is 4.58 Å². The first-order valence-corrected chi connectivity index (χ1v) is 4.81. The minimum absolute atomic E-state index is 0.797. The van der Waals surface area contributed by atoms with Gasteiger partial charge in [-0.3, -0.25) is 0 Å². The van der Waals surface area contributed by atoms with Crippen LogP contribution in [0.1, 0.15) is 33.6 Å². The standard InChI is InChI=1S/C10H20N/c1-4-5-11-7-9(2)6-10(3)8-11/h7,9-10H,4-6,8H2,1-3H3/q+1/t9-,10+/m1/s1. The predicted octanol–water partition coefficient (Wildman–Crippen LogP) is 2.16. The molecule has 1 heteroatoms. The van der Waals surface area contributed by atoms with Gasteiger partial charge in [-0.05, 0) is 6.42 Å². The first kappa shape index (κ1) is 8.76. The second-order valence-corrected chi connectivity index (χ2v) is 3.96. The monoisotopic (exact) mass is 154 g/mol. The van der Waals surface area contributed by atoms with E-state index in [1.807, 2.05) is 0 Å². The lowest BCUT2D eigenvalue weighted by Gasteiger charge is -2.18. The molecule has 0 spiro atoms. The van der Waals surface area contributed by atoms with Crippen molar-refractivity contribution in [1.29, 1.82) is 0 Å². The van der Waals surface area contributed by atoms with E-state index in [4.69, 9.17) is 0 Å². The molecule has 2 atom stereocenters. The van der Waals surface area contributed by atoms with Gasteiger partial charge in [0.05, 0.1) is 0 Å². The molecule has 0 saturated carbocycles. The Morgan fingerprint density at radius 3 is 2.73 bits per heavy atom. The lowest BCUT2D eigenvalue weighted by Crippen LogP contribution is -2.29. The van der Waals surface area contributed by atoms with Crippen molar-refractivity contribution >= 4 is 6.21 Å². The molecule has 1 aliphatic heterocycles. The van der Waals surface area contributed by atoms with Crippen LogP contribution >= 0.6 is 0 Å². The molecule has 0 amide bonds. The molecular weight excluding hydrogens is 134 g/mol. The van der Waals surface area contributed by atoms with E-state index < -0.39 is 0 Å². The van der Waals surface area contributed by atoms with Crippen LogP contribution in [0.2, 0.25) is 0 Å². The van der Waals surface area contributed by atoms with Crippen molar-refractivity contribution in [2.45, 2.75) is 33.6 Å². The van der Waals surface area contributed by atoms with E-state index in [9.17, 15) is 0 Å². The molecule has 0 aromatic rings. The highest BCUT2D eigenvalue weighted by Gasteiger charge is 2.20. The summed E-state index contributed by atoms with van der Waals surface area (Å²) in [6, 6.07) is 0. The molecule has 0 aromatic heterocycles. The third-order valence-corrected chi connectivity index (χ3v) is 2.30. The molecule has 0 radical (unpaired) electrons. The Morgan fingerprint density at radius 2 is 2.18 bits per heavy atom. The minimum atomic E-state index is 0.797. The lowest BCUT2D eigenvalue weighted by atomic mass is 9.95. The first-order valence-electron chi connectivity index (χ1n) is 4.81. The fraction of sp³-hybridized carbons (Fsp3) is 0.900. The molecule has 1 aliphatic rings. The van der Waals surface area contributed by atoms with Gasteiger partial charge in [-0.15, -0.1) is 0 Å². The Bertz CT molecular complexity index is 149. The molecule has 0 saturated heterocycles.